The van der Waals surface area contributed by atoms with Crippen molar-refractivity contribution in [3.05, 3.63) is 0 Å². The van der Waals surface area contributed by atoms with Gasteiger partial charge in [-0.05, 0) is 0 Å². The van der Waals surface area contributed by atoms with Crippen molar-refractivity contribution in [3.63, 3.8) is 0 Å². The normalized spacial score (nSPS) is 6.71. The lowest BCUT2D eigenvalue weighted by molar-refractivity contribution is -0.118. The topological polar surface area (TPSA) is 57.9 Å². The van der Waals surface area contributed by atoms with Gasteiger partial charge >= 0.3 is 0 Å². The summed E-state index contributed by atoms with van der Waals surface area (Å²) in [6.45, 7) is 0. The molecule has 0 saturated heterocycles. The number of carbonyl (C=O) groups is 2. The van der Waals surface area contributed by atoms with E-state index in [4.69, 9.17) is 5.26 Å². The van der Waals surface area contributed by atoms with Crippen LogP contribution in [-0.2, 0) is 9.59 Å². The maximum absolute atomic E-state index is 9.82. The number of hydrogen-bond donors (Lipinski definition) is 0. The molecule has 0 fully saturated rings. The van der Waals surface area contributed by atoms with Gasteiger partial charge in [-0.3, -0.25) is 4.79 Å². The molecule has 0 bridgehead atoms. The van der Waals surface area contributed by atoms with Crippen molar-refractivity contribution in [3.8, 4) is 6.07 Å². The Balaban J connectivity index is 3.43. The number of ketones is 1. The van der Waals surface area contributed by atoms with Crippen molar-refractivity contribution in [1.29, 1.82) is 5.26 Å². The molecule has 36 valence electrons. The molecule has 0 unspecified atom stereocenters. The monoisotopic (exact) mass is 97.0 g/mol. The molecule has 0 N–H and O–H groups in total. The highest BCUT2D eigenvalue weighted by atomic mass is 16.1. The van der Waals surface area contributed by atoms with E-state index in [0.717, 1.165) is 0 Å². The highest BCUT2D eigenvalue weighted by Gasteiger charge is 1.92. The molecule has 3 nitrogen and oxygen atoms in total. The van der Waals surface area contributed by atoms with E-state index in [9.17, 15) is 9.59 Å². The molecule has 0 amide bonds. The molecule has 0 aliphatic carbocycles. The molecular formula is C4H3NO2. The van der Waals surface area contributed by atoms with Crippen LogP contribution in [0.15, 0.2) is 0 Å². The molecule has 0 aromatic heterocycles. The largest absolute Gasteiger partial charge is 0.303 e. The highest BCUT2D eigenvalue weighted by Crippen LogP contribution is 1.70. The molecule has 0 spiro atoms. The summed E-state index contributed by atoms with van der Waals surface area (Å²) >= 11 is 0. The van der Waals surface area contributed by atoms with E-state index in [1.165, 1.54) is 6.07 Å². The molecule has 0 radical (unpaired) electrons. The van der Waals surface area contributed by atoms with Gasteiger partial charge < -0.3 is 4.79 Å². The number of nitriles is 1. The zero-order chi connectivity index (χ0) is 5.70. The second-order valence-corrected chi connectivity index (χ2v) is 0.906. The quantitative estimate of drug-likeness (QED) is 0.269. The summed E-state index contributed by atoms with van der Waals surface area (Å²) in [5, 5.41) is 7.71. The van der Waals surface area contributed by atoms with Gasteiger partial charge in [0.2, 0.25) is 5.78 Å². The molecule has 0 aliphatic heterocycles. The standard InChI is InChI=1S/C4H3NO2/c5-3-4(7)1-2-6/h2H,1H2. The summed E-state index contributed by atoms with van der Waals surface area (Å²) in [4.78, 5) is 19.2. The van der Waals surface area contributed by atoms with Crippen LogP contribution in [0.3, 0.4) is 0 Å². The molecule has 0 aromatic carbocycles. The molecule has 0 aromatic rings. The van der Waals surface area contributed by atoms with Crippen molar-refractivity contribution in [1.82, 2.24) is 0 Å². The third-order valence-electron chi connectivity index (χ3n) is 0.393. The maximum atomic E-state index is 9.82. The summed E-state index contributed by atoms with van der Waals surface area (Å²) in [5.74, 6) is -0.685. The smallest absolute Gasteiger partial charge is 0.238 e. The van der Waals surface area contributed by atoms with Gasteiger partial charge in [0.15, 0.2) is 0 Å². The lowest BCUT2D eigenvalue weighted by atomic mass is 10.3. The Morgan fingerprint density at radius 2 is 2.43 bits per heavy atom. The average Bonchev–Trinajstić information content (AvgIpc) is 1.68. The summed E-state index contributed by atoms with van der Waals surface area (Å²) < 4.78 is 0. The molecule has 0 aliphatic rings. The first-order valence-corrected chi connectivity index (χ1v) is 1.68. The zero-order valence-corrected chi connectivity index (χ0v) is 3.55. The van der Waals surface area contributed by atoms with Crippen LogP contribution in [0.5, 0.6) is 0 Å². The first kappa shape index (κ1) is 5.83. The fourth-order valence-electron chi connectivity index (χ4n) is 0.121. The Labute approximate surface area is 40.5 Å². The van der Waals surface area contributed by atoms with Crippen LogP contribution in [0.1, 0.15) is 6.42 Å². The molecular weight excluding hydrogens is 94.0 g/mol. The van der Waals surface area contributed by atoms with Gasteiger partial charge in [-0.2, -0.15) is 5.26 Å². The minimum absolute atomic E-state index is 0.281. The summed E-state index contributed by atoms with van der Waals surface area (Å²) in [6, 6.07) is 1.30. The van der Waals surface area contributed by atoms with Gasteiger partial charge in [-0.25, -0.2) is 0 Å². The van der Waals surface area contributed by atoms with E-state index < -0.39 is 5.78 Å². The van der Waals surface area contributed by atoms with Crippen LogP contribution in [0.2, 0.25) is 0 Å². The number of aldehydes is 1. The average molecular weight is 97.1 g/mol. The van der Waals surface area contributed by atoms with Crippen molar-refractivity contribution in [2.45, 2.75) is 6.42 Å². The summed E-state index contributed by atoms with van der Waals surface area (Å²) in [7, 11) is 0. The first-order valence-electron chi connectivity index (χ1n) is 1.68. The van der Waals surface area contributed by atoms with Crippen LogP contribution in [0.25, 0.3) is 0 Å². The van der Waals surface area contributed by atoms with Crippen LogP contribution in [-0.4, -0.2) is 12.1 Å². The summed E-state index contributed by atoms with van der Waals surface area (Å²) in [6.07, 6.45) is 0.127. The van der Waals surface area contributed by atoms with Crippen LogP contribution in [0, 0.1) is 11.3 Å². The molecule has 0 rings (SSSR count). The predicted octanol–water partition coefficient (Wildman–Crippen LogP) is -0.332. The van der Waals surface area contributed by atoms with Crippen LogP contribution >= 0.6 is 0 Å². The van der Waals surface area contributed by atoms with Gasteiger partial charge in [-0.15, -0.1) is 0 Å². The van der Waals surface area contributed by atoms with Gasteiger partial charge in [-0.1, -0.05) is 0 Å². The summed E-state index contributed by atoms with van der Waals surface area (Å²) in [5.41, 5.74) is 0. The van der Waals surface area contributed by atoms with E-state index in [1.807, 2.05) is 0 Å². The zero-order valence-electron chi connectivity index (χ0n) is 3.55. The SMILES string of the molecule is N#CC(=O)CC=O. The van der Waals surface area contributed by atoms with E-state index in [-0.39, 0.29) is 6.42 Å². The van der Waals surface area contributed by atoms with Gasteiger partial charge in [0.05, 0.1) is 6.42 Å². The Bertz CT molecular complexity index is 122. The Hall–Kier alpha value is -1.17. The van der Waals surface area contributed by atoms with Gasteiger partial charge in [0.25, 0.3) is 0 Å². The first-order chi connectivity index (χ1) is 3.31. The fraction of sp³-hybridized carbons (Fsp3) is 0.250. The lowest BCUT2D eigenvalue weighted by Crippen LogP contribution is -1.91. The van der Waals surface area contributed by atoms with E-state index in [1.54, 1.807) is 0 Å². The van der Waals surface area contributed by atoms with E-state index >= 15 is 0 Å². The van der Waals surface area contributed by atoms with Gasteiger partial charge in [0, 0.05) is 0 Å². The van der Waals surface area contributed by atoms with Crippen molar-refractivity contribution in [2.24, 2.45) is 0 Å². The van der Waals surface area contributed by atoms with E-state index in [2.05, 4.69) is 0 Å². The predicted molar refractivity (Wildman–Crippen MR) is 21.3 cm³/mol. The molecule has 0 atom stereocenters. The molecule has 0 heterocycles. The molecule has 3 heteroatoms. The van der Waals surface area contributed by atoms with E-state index in [0.29, 0.717) is 6.29 Å². The number of carbonyl (C=O) groups excluding carboxylic acids is 2. The van der Waals surface area contributed by atoms with Crippen molar-refractivity contribution in [2.75, 3.05) is 0 Å². The van der Waals surface area contributed by atoms with Crippen LogP contribution in [0.4, 0.5) is 0 Å². The maximum Gasteiger partial charge on any atom is 0.238 e. The fourth-order valence-corrected chi connectivity index (χ4v) is 0.121. The Morgan fingerprint density at radius 1 is 1.86 bits per heavy atom. The third-order valence-corrected chi connectivity index (χ3v) is 0.393. The third kappa shape index (κ3) is 2.64. The highest BCUT2D eigenvalue weighted by molar-refractivity contribution is 6.00. The van der Waals surface area contributed by atoms with Crippen molar-refractivity contribution < 1.29 is 9.59 Å². The van der Waals surface area contributed by atoms with Crippen LogP contribution < -0.4 is 0 Å². The number of Topliss-reactive ketones (excluding diaryl/α,β-unsaturated/α-hetero) is 1. The number of rotatable bonds is 2. The second kappa shape index (κ2) is 3.04. The molecule has 7 heavy (non-hydrogen) atoms. The number of nitrogens with zero attached hydrogens (tertiary/aromatic N) is 1. The van der Waals surface area contributed by atoms with Crippen molar-refractivity contribution >= 4 is 12.1 Å². The number of hydrogen-bond acceptors (Lipinski definition) is 3. The second-order valence-electron chi connectivity index (χ2n) is 0.906. The van der Waals surface area contributed by atoms with Gasteiger partial charge in [0.1, 0.15) is 12.4 Å². The Morgan fingerprint density at radius 3 is 2.57 bits per heavy atom. The minimum atomic E-state index is -0.685. The molecule has 0 saturated carbocycles. The minimum Gasteiger partial charge on any atom is -0.303 e. The lowest BCUT2D eigenvalue weighted by Gasteiger charge is -1.68. The Kier molecular flexibility index (Phi) is 2.53.